The molecular formula is C5H6N2O2S. The van der Waals surface area contributed by atoms with Gasteiger partial charge in [-0.1, -0.05) is 0 Å². The molecule has 0 aliphatic carbocycles. The number of nitriles is 1. The summed E-state index contributed by atoms with van der Waals surface area (Å²) < 4.78 is 0. The highest BCUT2D eigenvalue weighted by atomic mass is 32.1. The molecule has 1 rings (SSSR count). The molecule has 0 aromatic rings. The van der Waals surface area contributed by atoms with Crippen molar-refractivity contribution in [3.8, 4) is 6.07 Å². The summed E-state index contributed by atoms with van der Waals surface area (Å²) in [5.74, 6) is -1.58. The number of carbonyl (C=O) groups is 2. The van der Waals surface area contributed by atoms with Gasteiger partial charge in [-0.2, -0.15) is 18.8 Å². The van der Waals surface area contributed by atoms with Crippen LogP contribution in [0.15, 0.2) is 0 Å². The zero-order chi connectivity index (χ0) is 6.85. The number of nitrogens with one attached hydrogen (secondary N) is 1. The summed E-state index contributed by atoms with van der Waals surface area (Å²) in [4.78, 5) is 20.8. The fraction of sp³-hybridized carbons (Fsp3) is 0.400. The maximum Gasteiger partial charge on any atom is 0.244 e. The van der Waals surface area contributed by atoms with Crippen molar-refractivity contribution in [3.63, 3.8) is 0 Å². The van der Waals surface area contributed by atoms with Gasteiger partial charge in [0.15, 0.2) is 0 Å². The standard InChI is InChI=1S/C5H4N2O2.H2S/c6-2-3-1-4(8)7-5(3)9;/h3H,1H2,(H,7,8,9);1H2. The highest BCUT2D eigenvalue weighted by Crippen LogP contribution is 2.07. The first-order valence-corrected chi connectivity index (χ1v) is 2.47. The minimum atomic E-state index is -0.752. The molecule has 1 heterocycles. The number of imide groups is 1. The van der Waals surface area contributed by atoms with E-state index in [4.69, 9.17) is 5.26 Å². The van der Waals surface area contributed by atoms with E-state index in [0.29, 0.717) is 0 Å². The number of hydrogen-bond acceptors (Lipinski definition) is 3. The van der Waals surface area contributed by atoms with Gasteiger partial charge in [0.25, 0.3) is 0 Å². The third-order valence-corrected chi connectivity index (χ3v) is 1.12. The van der Waals surface area contributed by atoms with E-state index < -0.39 is 11.8 Å². The summed E-state index contributed by atoms with van der Waals surface area (Å²) in [5.41, 5.74) is 0. The Morgan fingerprint density at radius 2 is 2.20 bits per heavy atom. The van der Waals surface area contributed by atoms with Gasteiger partial charge >= 0.3 is 0 Å². The summed E-state index contributed by atoms with van der Waals surface area (Å²) >= 11 is 0. The Morgan fingerprint density at radius 3 is 2.40 bits per heavy atom. The Hall–Kier alpha value is -1.02. The van der Waals surface area contributed by atoms with Crippen molar-refractivity contribution >= 4 is 25.3 Å². The molecule has 1 saturated heterocycles. The van der Waals surface area contributed by atoms with E-state index in [2.05, 4.69) is 0 Å². The number of carbonyl (C=O) groups excluding carboxylic acids is 2. The molecule has 5 heteroatoms. The molecule has 0 saturated carbocycles. The van der Waals surface area contributed by atoms with Crippen LogP contribution in [0.1, 0.15) is 6.42 Å². The molecule has 1 N–H and O–H groups in total. The van der Waals surface area contributed by atoms with Crippen LogP contribution in [0.3, 0.4) is 0 Å². The van der Waals surface area contributed by atoms with Crippen LogP contribution in [-0.2, 0) is 9.59 Å². The number of hydrogen-bond donors (Lipinski definition) is 1. The van der Waals surface area contributed by atoms with E-state index in [0.717, 1.165) is 0 Å². The van der Waals surface area contributed by atoms with Gasteiger partial charge in [0.05, 0.1) is 12.5 Å². The number of amides is 2. The lowest BCUT2D eigenvalue weighted by molar-refractivity contribution is -0.125. The van der Waals surface area contributed by atoms with E-state index in [9.17, 15) is 9.59 Å². The van der Waals surface area contributed by atoms with Crippen molar-refractivity contribution in [3.05, 3.63) is 0 Å². The Labute approximate surface area is 64.7 Å². The average Bonchev–Trinajstić information content (AvgIpc) is 2.10. The van der Waals surface area contributed by atoms with Gasteiger partial charge in [-0.15, -0.1) is 0 Å². The normalized spacial score (nSPS) is 22.9. The second-order valence-corrected chi connectivity index (χ2v) is 1.80. The second kappa shape index (κ2) is 3.22. The molecule has 0 spiro atoms. The summed E-state index contributed by atoms with van der Waals surface area (Å²) in [6, 6.07) is 1.71. The van der Waals surface area contributed by atoms with Crippen LogP contribution in [0.5, 0.6) is 0 Å². The van der Waals surface area contributed by atoms with Crippen LogP contribution in [-0.4, -0.2) is 11.8 Å². The minimum absolute atomic E-state index is 0. The molecule has 10 heavy (non-hydrogen) atoms. The fourth-order valence-corrected chi connectivity index (χ4v) is 0.658. The zero-order valence-corrected chi connectivity index (χ0v) is 6.05. The first kappa shape index (κ1) is 8.98. The topological polar surface area (TPSA) is 70.0 Å². The Morgan fingerprint density at radius 1 is 1.60 bits per heavy atom. The van der Waals surface area contributed by atoms with Gasteiger partial charge in [0.1, 0.15) is 5.92 Å². The van der Waals surface area contributed by atoms with Crippen molar-refractivity contribution in [1.82, 2.24) is 5.32 Å². The quantitative estimate of drug-likeness (QED) is 0.473. The largest absolute Gasteiger partial charge is 0.295 e. The first-order valence-electron chi connectivity index (χ1n) is 2.47. The lowest BCUT2D eigenvalue weighted by Crippen LogP contribution is -2.21. The average molecular weight is 158 g/mol. The van der Waals surface area contributed by atoms with Crippen LogP contribution >= 0.6 is 13.5 Å². The summed E-state index contributed by atoms with van der Waals surface area (Å²) in [6.07, 6.45) is 0.0231. The van der Waals surface area contributed by atoms with Crippen molar-refractivity contribution in [2.45, 2.75) is 6.42 Å². The monoisotopic (exact) mass is 158 g/mol. The number of rotatable bonds is 0. The summed E-state index contributed by atoms with van der Waals surface area (Å²) in [7, 11) is 0. The summed E-state index contributed by atoms with van der Waals surface area (Å²) in [5, 5.41) is 10.2. The van der Waals surface area contributed by atoms with Crippen LogP contribution in [0.4, 0.5) is 0 Å². The molecule has 0 aromatic heterocycles. The van der Waals surface area contributed by atoms with Crippen LogP contribution in [0.2, 0.25) is 0 Å². The zero-order valence-electron chi connectivity index (χ0n) is 5.05. The maximum absolute atomic E-state index is 10.5. The molecular weight excluding hydrogens is 152 g/mol. The van der Waals surface area contributed by atoms with E-state index in [1.165, 1.54) is 0 Å². The predicted octanol–water partition coefficient (Wildman–Crippen LogP) is -0.715. The molecule has 1 unspecified atom stereocenters. The van der Waals surface area contributed by atoms with E-state index in [-0.39, 0.29) is 25.8 Å². The third kappa shape index (κ3) is 1.48. The van der Waals surface area contributed by atoms with E-state index in [1.807, 2.05) is 5.32 Å². The lowest BCUT2D eigenvalue weighted by Gasteiger charge is -1.85. The fourth-order valence-electron chi connectivity index (χ4n) is 0.658. The molecule has 2 amide bonds. The smallest absolute Gasteiger partial charge is 0.244 e. The SMILES string of the molecule is N#CC1CC(=O)NC1=O.S. The van der Waals surface area contributed by atoms with Gasteiger partial charge in [-0.3, -0.25) is 14.9 Å². The molecule has 54 valence electrons. The number of nitrogens with zero attached hydrogens (tertiary/aromatic N) is 1. The Bertz CT molecular complexity index is 208. The third-order valence-electron chi connectivity index (χ3n) is 1.12. The van der Waals surface area contributed by atoms with Crippen molar-refractivity contribution in [1.29, 1.82) is 5.26 Å². The van der Waals surface area contributed by atoms with E-state index in [1.54, 1.807) is 6.07 Å². The molecule has 1 fully saturated rings. The van der Waals surface area contributed by atoms with Crippen LogP contribution in [0, 0.1) is 17.2 Å². The molecule has 1 aliphatic heterocycles. The van der Waals surface area contributed by atoms with E-state index >= 15 is 0 Å². The van der Waals surface area contributed by atoms with Crippen LogP contribution in [0.25, 0.3) is 0 Å². The van der Waals surface area contributed by atoms with Crippen molar-refractivity contribution < 1.29 is 9.59 Å². The highest BCUT2D eigenvalue weighted by Gasteiger charge is 2.29. The molecule has 0 bridgehead atoms. The van der Waals surface area contributed by atoms with Crippen LogP contribution < -0.4 is 5.32 Å². The van der Waals surface area contributed by atoms with Gasteiger partial charge in [-0.25, -0.2) is 0 Å². The van der Waals surface area contributed by atoms with Gasteiger partial charge in [-0.05, 0) is 0 Å². The molecule has 0 aromatic carbocycles. The molecule has 4 nitrogen and oxygen atoms in total. The summed E-state index contributed by atoms with van der Waals surface area (Å²) in [6.45, 7) is 0. The Balaban J connectivity index is 0.000000810. The van der Waals surface area contributed by atoms with Crippen molar-refractivity contribution in [2.24, 2.45) is 5.92 Å². The second-order valence-electron chi connectivity index (χ2n) is 1.80. The molecule has 1 aliphatic rings. The van der Waals surface area contributed by atoms with Gasteiger partial charge in [0.2, 0.25) is 11.8 Å². The van der Waals surface area contributed by atoms with Gasteiger partial charge in [0, 0.05) is 0 Å². The lowest BCUT2D eigenvalue weighted by atomic mass is 10.1. The molecule has 0 radical (unpaired) electrons. The molecule has 1 atom stereocenters. The highest BCUT2D eigenvalue weighted by molar-refractivity contribution is 7.59. The van der Waals surface area contributed by atoms with Gasteiger partial charge < -0.3 is 0 Å². The maximum atomic E-state index is 10.5. The predicted molar refractivity (Wildman–Crippen MR) is 37.3 cm³/mol. The van der Waals surface area contributed by atoms with Crippen molar-refractivity contribution in [2.75, 3.05) is 0 Å². The first-order chi connectivity index (χ1) is 4.24. The Kier molecular flexibility index (Phi) is 2.90. The minimum Gasteiger partial charge on any atom is -0.295 e.